The van der Waals surface area contributed by atoms with E-state index in [1.807, 2.05) is 6.07 Å². The molecule has 0 radical (unpaired) electrons. The van der Waals surface area contributed by atoms with E-state index in [4.69, 9.17) is 4.74 Å². The molecule has 0 saturated heterocycles. The van der Waals surface area contributed by atoms with Crippen molar-refractivity contribution in [3.63, 3.8) is 0 Å². The Balaban J connectivity index is 2.36. The molecule has 5 nitrogen and oxygen atoms in total. The third-order valence-electron chi connectivity index (χ3n) is 3.01. The molecule has 0 aromatic heterocycles. The van der Waals surface area contributed by atoms with Crippen LogP contribution in [-0.4, -0.2) is 10.0 Å². The van der Waals surface area contributed by atoms with Crippen LogP contribution in [0.2, 0.25) is 0 Å². The average molecular weight is 352 g/mol. The number of hydrogen-bond acceptors (Lipinski definition) is 4. The van der Waals surface area contributed by atoms with Crippen molar-refractivity contribution in [3.05, 3.63) is 62.1 Å². The van der Waals surface area contributed by atoms with Crippen LogP contribution < -0.4 is 4.74 Å². The summed E-state index contributed by atoms with van der Waals surface area (Å²) in [4.78, 5) is 10.3. The van der Waals surface area contributed by atoms with Crippen molar-refractivity contribution in [2.75, 3.05) is 0 Å². The van der Waals surface area contributed by atoms with Gasteiger partial charge in [-0.05, 0) is 43.7 Å². The number of nitro groups is 1. The van der Waals surface area contributed by atoms with Gasteiger partial charge in [0.25, 0.3) is 5.69 Å². The predicted octanol–water partition coefficient (Wildman–Crippen LogP) is 4.51. The number of non-ortho nitro benzene ring substituents is 1. The van der Waals surface area contributed by atoms with Gasteiger partial charge in [-0.15, -0.1) is 0 Å². The van der Waals surface area contributed by atoms with Gasteiger partial charge in [0.2, 0.25) is 0 Å². The van der Waals surface area contributed by atoms with Gasteiger partial charge >= 0.3 is 0 Å². The van der Waals surface area contributed by atoms with E-state index in [9.17, 15) is 15.2 Å². The topological polar surface area (TPSA) is 72.6 Å². The summed E-state index contributed by atoms with van der Waals surface area (Å²) in [6.07, 6.45) is -0.684. The van der Waals surface area contributed by atoms with E-state index in [1.54, 1.807) is 32.0 Å². The van der Waals surface area contributed by atoms with Crippen LogP contribution in [-0.2, 0) is 0 Å². The predicted molar refractivity (Wildman–Crippen MR) is 82.7 cm³/mol. The van der Waals surface area contributed by atoms with E-state index >= 15 is 0 Å². The van der Waals surface area contributed by atoms with E-state index in [0.717, 1.165) is 4.47 Å². The lowest BCUT2D eigenvalue weighted by atomic mass is 10.1. The van der Waals surface area contributed by atoms with Crippen LogP contribution in [0.3, 0.4) is 0 Å². The summed E-state index contributed by atoms with van der Waals surface area (Å²) in [6, 6.07) is 9.73. The Morgan fingerprint density at radius 3 is 2.48 bits per heavy atom. The summed E-state index contributed by atoms with van der Waals surface area (Å²) in [5.74, 6) is 1.04. The van der Waals surface area contributed by atoms with Crippen molar-refractivity contribution in [1.82, 2.24) is 0 Å². The minimum Gasteiger partial charge on any atom is -0.457 e. The van der Waals surface area contributed by atoms with Crippen molar-refractivity contribution >= 4 is 21.6 Å². The Kier molecular flexibility index (Phi) is 4.59. The lowest BCUT2D eigenvalue weighted by Crippen LogP contribution is -1.97. The first-order valence-corrected chi connectivity index (χ1v) is 7.08. The molecule has 2 aromatic carbocycles. The van der Waals surface area contributed by atoms with Crippen molar-refractivity contribution < 1.29 is 14.8 Å². The largest absolute Gasteiger partial charge is 0.457 e. The van der Waals surface area contributed by atoms with E-state index in [0.29, 0.717) is 22.6 Å². The molecular formula is C15H14BrNO4. The van der Waals surface area contributed by atoms with Crippen molar-refractivity contribution in [2.24, 2.45) is 0 Å². The molecule has 1 N–H and O–H groups in total. The molecule has 6 heteroatoms. The summed E-state index contributed by atoms with van der Waals surface area (Å²) < 4.78 is 6.63. The zero-order chi connectivity index (χ0) is 15.6. The maximum Gasteiger partial charge on any atom is 0.269 e. The first-order valence-electron chi connectivity index (χ1n) is 6.29. The zero-order valence-corrected chi connectivity index (χ0v) is 13.1. The Morgan fingerprint density at radius 2 is 1.90 bits per heavy atom. The smallest absolute Gasteiger partial charge is 0.269 e. The first kappa shape index (κ1) is 15.5. The molecule has 0 bridgehead atoms. The van der Waals surface area contributed by atoms with Crippen molar-refractivity contribution in [2.45, 2.75) is 20.0 Å². The number of ether oxygens (including phenoxy) is 1. The molecule has 0 aliphatic rings. The van der Waals surface area contributed by atoms with E-state index < -0.39 is 11.0 Å². The van der Waals surface area contributed by atoms with Gasteiger partial charge in [0.05, 0.1) is 11.0 Å². The summed E-state index contributed by atoms with van der Waals surface area (Å²) in [7, 11) is 0. The van der Waals surface area contributed by atoms with Crippen LogP contribution in [0.25, 0.3) is 0 Å². The standard InChI is InChI=1S/C15H14BrNO4/c1-9-7-12(17(19)20)4-6-14(9)21-15-5-3-11(16)8-13(15)10(2)18/h3-8,10,18H,1-2H3. The fourth-order valence-corrected chi connectivity index (χ4v) is 2.30. The minimum absolute atomic E-state index is 0.0198. The van der Waals surface area contributed by atoms with Crippen LogP contribution in [0.1, 0.15) is 24.2 Å². The Bertz CT molecular complexity index is 685. The summed E-state index contributed by atoms with van der Waals surface area (Å²) in [5.41, 5.74) is 1.32. The number of aliphatic hydroxyl groups is 1. The highest BCUT2D eigenvalue weighted by Gasteiger charge is 2.14. The van der Waals surface area contributed by atoms with Crippen LogP contribution in [0.5, 0.6) is 11.5 Å². The number of aliphatic hydroxyl groups excluding tert-OH is 1. The number of hydrogen-bond donors (Lipinski definition) is 1. The maximum atomic E-state index is 10.7. The fraction of sp³-hybridized carbons (Fsp3) is 0.200. The fourth-order valence-electron chi connectivity index (χ4n) is 1.92. The highest BCUT2D eigenvalue weighted by atomic mass is 79.9. The Labute approximate surface area is 130 Å². The molecule has 1 atom stereocenters. The molecular weight excluding hydrogens is 338 g/mol. The molecule has 0 spiro atoms. The summed E-state index contributed by atoms with van der Waals surface area (Å²) in [5, 5.41) is 20.5. The zero-order valence-electron chi connectivity index (χ0n) is 11.5. The normalized spacial score (nSPS) is 12.0. The number of halogens is 1. The van der Waals surface area contributed by atoms with E-state index in [-0.39, 0.29) is 5.69 Å². The third kappa shape index (κ3) is 3.59. The number of nitro benzene ring substituents is 1. The molecule has 0 aliphatic carbocycles. The SMILES string of the molecule is Cc1cc([N+](=O)[O-])ccc1Oc1ccc(Br)cc1C(C)O. The molecule has 2 aromatic rings. The van der Waals surface area contributed by atoms with Crippen LogP contribution in [0.4, 0.5) is 5.69 Å². The lowest BCUT2D eigenvalue weighted by molar-refractivity contribution is -0.384. The van der Waals surface area contributed by atoms with Crippen LogP contribution >= 0.6 is 15.9 Å². The summed E-state index contributed by atoms with van der Waals surface area (Å²) in [6.45, 7) is 3.39. The molecule has 1 unspecified atom stereocenters. The lowest BCUT2D eigenvalue weighted by Gasteiger charge is -2.15. The second kappa shape index (κ2) is 6.24. The van der Waals surface area contributed by atoms with Gasteiger partial charge in [-0.1, -0.05) is 15.9 Å². The molecule has 0 saturated carbocycles. The van der Waals surface area contributed by atoms with Crippen molar-refractivity contribution in [3.8, 4) is 11.5 Å². The van der Waals surface area contributed by atoms with Gasteiger partial charge in [-0.2, -0.15) is 0 Å². The van der Waals surface area contributed by atoms with Gasteiger partial charge in [-0.3, -0.25) is 10.1 Å². The van der Waals surface area contributed by atoms with Gasteiger partial charge in [0.1, 0.15) is 11.5 Å². The third-order valence-corrected chi connectivity index (χ3v) is 3.50. The number of benzene rings is 2. The van der Waals surface area contributed by atoms with E-state index in [1.165, 1.54) is 12.1 Å². The van der Waals surface area contributed by atoms with Crippen LogP contribution in [0, 0.1) is 17.0 Å². The number of nitrogens with zero attached hydrogens (tertiary/aromatic N) is 1. The van der Waals surface area contributed by atoms with Gasteiger partial charge < -0.3 is 9.84 Å². The van der Waals surface area contributed by atoms with Crippen LogP contribution in [0.15, 0.2) is 40.9 Å². The second-order valence-electron chi connectivity index (χ2n) is 4.67. The molecule has 0 fully saturated rings. The highest BCUT2D eigenvalue weighted by Crippen LogP contribution is 2.34. The molecule has 0 heterocycles. The number of aryl methyl sites for hydroxylation is 1. The highest BCUT2D eigenvalue weighted by molar-refractivity contribution is 9.10. The summed E-state index contributed by atoms with van der Waals surface area (Å²) >= 11 is 3.35. The quantitative estimate of drug-likeness (QED) is 0.649. The van der Waals surface area contributed by atoms with Crippen molar-refractivity contribution in [1.29, 1.82) is 0 Å². The number of rotatable bonds is 4. The molecule has 2 rings (SSSR count). The molecule has 110 valence electrons. The van der Waals surface area contributed by atoms with Gasteiger partial charge in [-0.25, -0.2) is 0 Å². The Hall–Kier alpha value is -1.92. The first-order chi connectivity index (χ1) is 9.88. The molecule has 0 amide bonds. The van der Waals surface area contributed by atoms with Gasteiger partial charge in [0.15, 0.2) is 0 Å². The van der Waals surface area contributed by atoms with E-state index in [2.05, 4.69) is 15.9 Å². The minimum atomic E-state index is -0.684. The Morgan fingerprint density at radius 1 is 1.24 bits per heavy atom. The second-order valence-corrected chi connectivity index (χ2v) is 5.58. The average Bonchev–Trinajstić information content (AvgIpc) is 2.42. The monoisotopic (exact) mass is 351 g/mol. The van der Waals surface area contributed by atoms with Gasteiger partial charge in [0, 0.05) is 22.2 Å². The molecule has 21 heavy (non-hydrogen) atoms. The molecule has 0 aliphatic heterocycles. The maximum absolute atomic E-state index is 10.7.